The third-order valence-corrected chi connectivity index (χ3v) is 6.32. The fourth-order valence-corrected chi connectivity index (χ4v) is 4.41. The normalized spacial score (nSPS) is 15.4. The summed E-state index contributed by atoms with van der Waals surface area (Å²) in [7, 11) is 0. The van der Waals surface area contributed by atoms with E-state index in [0.717, 1.165) is 37.4 Å². The SMILES string of the molecule is N=C(NCCC1CCCO1)c1c(O)nsc1Nc1ccc(Oc2cc(Cl)ccc2Cl)c(F)c1. The first-order valence-corrected chi connectivity index (χ1v) is 11.8. The molecule has 11 heteroatoms. The topological polar surface area (TPSA) is 99.5 Å². The van der Waals surface area contributed by atoms with Crippen LogP contribution in [0.3, 0.4) is 0 Å². The van der Waals surface area contributed by atoms with Crippen molar-refractivity contribution < 1.29 is 19.0 Å². The van der Waals surface area contributed by atoms with Gasteiger partial charge in [-0.3, -0.25) is 5.41 Å². The standard InChI is InChI=1S/C22H21Cl2FN4O3S/c23-12-3-5-15(24)18(10-12)32-17-6-4-13(11-16(17)25)28-22-19(21(30)29-33-22)20(26)27-8-7-14-2-1-9-31-14/h3-6,10-11,14,28H,1-2,7-9H2,(H2,26,27)(H,29,30). The average molecular weight is 511 g/mol. The minimum absolute atomic E-state index is 0.0257. The van der Waals surface area contributed by atoms with E-state index >= 15 is 0 Å². The van der Waals surface area contributed by atoms with E-state index < -0.39 is 5.82 Å². The third-order valence-electron chi connectivity index (χ3n) is 5.02. The molecule has 0 bridgehead atoms. The molecule has 7 nitrogen and oxygen atoms in total. The minimum Gasteiger partial charge on any atom is -0.492 e. The molecule has 33 heavy (non-hydrogen) atoms. The van der Waals surface area contributed by atoms with E-state index in [1.807, 2.05) is 0 Å². The first-order valence-electron chi connectivity index (χ1n) is 10.2. The largest absolute Gasteiger partial charge is 0.492 e. The molecule has 2 heterocycles. The molecule has 1 unspecified atom stereocenters. The van der Waals surface area contributed by atoms with E-state index in [4.69, 9.17) is 38.1 Å². The first kappa shape index (κ1) is 23.6. The molecule has 3 aromatic rings. The van der Waals surface area contributed by atoms with Crippen molar-refractivity contribution in [2.75, 3.05) is 18.5 Å². The van der Waals surface area contributed by atoms with Crippen LogP contribution in [0.25, 0.3) is 0 Å². The lowest BCUT2D eigenvalue weighted by atomic mass is 10.2. The number of anilines is 2. The summed E-state index contributed by atoms with van der Waals surface area (Å²) in [6.45, 7) is 1.31. The number of halogens is 3. The average Bonchev–Trinajstić information content (AvgIpc) is 3.42. The second-order valence-electron chi connectivity index (χ2n) is 7.38. The van der Waals surface area contributed by atoms with Crippen LogP contribution in [0.5, 0.6) is 17.4 Å². The molecule has 4 N–H and O–H groups in total. The molecule has 1 aromatic heterocycles. The van der Waals surface area contributed by atoms with Crippen LogP contribution >= 0.6 is 34.7 Å². The smallest absolute Gasteiger partial charge is 0.236 e. The van der Waals surface area contributed by atoms with Crippen molar-refractivity contribution in [1.29, 1.82) is 5.41 Å². The molecule has 4 rings (SSSR count). The van der Waals surface area contributed by atoms with Crippen LogP contribution in [0.4, 0.5) is 15.1 Å². The van der Waals surface area contributed by atoms with Gasteiger partial charge < -0.3 is 25.2 Å². The van der Waals surface area contributed by atoms with Crippen molar-refractivity contribution in [3.8, 4) is 17.4 Å². The number of hydrogen-bond acceptors (Lipinski definition) is 7. The van der Waals surface area contributed by atoms with Crippen LogP contribution in [-0.2, 0) is 4.74 Å². The molecular formula is C22H21Cl2FN4O3S. The molecule has 0 amide bonds. The summed E-state index contributed by atoms with van der Waals surface area (Å²) in [5.41, 5.74) is 0.618. The fourth-order valence-electron chi connectivity index (χ4n) is 3.38. The lowest BCUT2D eigenvalue weighted by molar-refractivity contribution is 0.105. The number of ether oxygens (including phenoxy) is 2. The van der Waals surface area contributed by atoms with Gasteiger partial charge in [0, 0.05) is 36.0 Å². The highest BCUT2D eigenvalue weighted by molar-refractivity contribution is 7.11. The maximum absolute atomic E-state index is 14.7. The molecule has 1 aliphatic heterocycles. The number of rotatable bonds is 8. The van der Waals surface area contributed by atoms with Crippen LogP contribution in [0.15, 0.2) is 36.4 Å². The summed E-state index contributed by atoms with van der Waals surface area (Å²) in [6, 6.07) is 8.96. The van der Waals surface area contributed by atoms with Crippen LogP contribution in [0.2, 0.25) is 10.0 Å². The maximum atomic E-state index is 14.7. The minimum atomic E-state index is -0.629. The highest BCUT2D eigenvalue weighted by Crippen LogP contribution is 2.36. The van der Waals surface area contributed by atoms with Gasteiger partial charge in [0.25, 0.3) is 0 Å². The zero-order valence-corrected chi connectivity index (χ0v) is 19.7. The Morgan fingerprint density at radius 3 is 2.88 bits per heavy atom. The van der Waals surface area contributed by atoms with Crippen molar-refractivity contribution in [3.05, 3.63) is 57.8 Å². The van der Waals surface area contributed by atoms with Gasteiger partial charge in [0.1, 0.15) is 22.1 Å². The summed E-state index contributed by atoms with van der Waals surface area (Å²) >= 11 is 13.0. The Bertz CT molecular complexity index is 1150. The Morgan fingerprint density at radius 2 is 2.12 bits per heavy atom. The second-order valence-corrected chi connectivity index (χ2v) is 9.00. The molecule has 0 radical (unpaired) electrons. The van der Waals surface area contributed by atoms with E-state index in [-0.39, 0.29) is 34.9 Å². The third kappa shape index (κ3) is 5.86. The van der Waals surface area contributed by atoms with E-state index in [0.29, 0.717) is 27.3 Å². The van der Waals surface area contributed by atoms with Crippen molar-refractivity contribution in [2.24, 2.45) is 0 Å². The number of aromatic nitrogens is 1. The molecule has 174 valence electrons. The van der Waals surface area contributed by atoms with Gasteiger partial charge in [-0.05, 0) is 55.1 Å². The monoisotopic (exact) mass is 510 g/mol. The number of amidine groups is 1. The van der Waals surface area contributed by atoms with E-state index in [9.17, 15) is 9.50 Å². The summed E-state index contributed by atoms with van der Waals surface area (Å²) in [5.74, 6) is -0.663. The van der Waals surface area contributed by atoms with E-state index in [1.165, 1.54) is 18.2 Å². The Kier molecular flexibility index (Phi) is 7.54. The zero-order valence-electron chi connectivity index (χ0n) is 17.3. The summed E-state index contributed by atoms with van der Waals surface area (Å²) in [4.78, 5) is 0. The van der Waals surface area contributed by atoms with Gasteiger partial charge in [0.15, 0.2) is 11.6 Å². The Hall–Kier alpha value is -2.59. The van der Waals surface area contributed by atoms with E-state index in [2.05, 4.69) is 15.0 Å². The lowest BCUT2D eigenvalue weighted by Crippen LogP contribution is -2.27. The Labute approximate surface area is 204 Å². The molecule has 0 saturated carbocycles. The lowest BCUT2D eigenvalue weighted by Gasteiger charge is -2.13. The number of hydrogen-bond donors (Lipinski definition) is 4. The zero-order chi connectivity index (χ0) is 23.4. The highest BCUT2D eigenvalue weighted by Gasteiger charge is 2.20. The summed E-state index contributed by atoms with van der Waals surface area (Å²) in [6.07, 6.45) is 3.04. The highest BCUT2D eigenvalue weighted by atomic mass is 35.5. The van der Waals surface area contributed by atoms with Crippen molar-refractivity contribution in [3.63, 3.8) is 0 Å². The van der Waals surface area contributed by atoms with Gasteiger partial charge in [-0.2, -0.15) is 4.37 Å². The molecule has 1 fully saturated rings. The van der Waals surface area contributed by atoms with Gasteiger partial charge in [-0.25, -0.2) is 4.39 Å². The number of benzene rings is 2. The van der Waals surface area contributed by atoms with Crippen molar-refractivity contribution in [2.45, 2.75) is 25.4 Å². The molecule has 1 saturated heterocycles. The Morgan fingerprint density at radius 1 is 1.27 bits per heavy atom. The van der Waals surface area contributed by atoms with Gasteiger partial charge >= 0.3 is 0 Å². The van der Waals surface area contributed by atoms with Gasteiger partial charge in [0.2, 0.25) is 5.88 Å². The van der Waals surface area contributed by atoms with Crippen molar-refractivity contribution >= 4 is 51.3 Å². The molecule has 0 spiro atoms. The maximum Gasteiger partial charge on any atom is 0.236 e. The predicted octanol–water partition coefficient (Wildman–Crippen LogP) is 6.31. The molecular weight excluding hydrogens is 490 g/mol. The van der Waals surface area contributed by atoms with Gasteiger partial charge in [0.05, 0.1) is 11.1 Å². The fraction of sp³-hybridized carbons (Fsp3) is 0.273. The molecule has 1 atom stereocenters. The van der Waals surface area contributed by atoms with Crippen LogP contribution in [-0.4, -0.2) is 34.6 Å². The number of nitrogens with zero attached hydrogens (tertiary/aromatic N) is 1. The van der Waals surface area contributed by atoms with Crippen LogP contribution in [0.1, 0.15) is 24.8 Å². The van der Waals surface area contributed by atoms with E-state index in [1.54, 1.807) is 18.2 Å². The molecule has 2 aromatic carbocycles. The first-order chi connectivity index (χ1) is 15.9. The molecule has 0 aliphatic carbocycles. The predicted molar refractivity (Wildman–Crippen MR) is 128 cm³/mol. The quantitative estimate of drug-likeness (QED) is 0.209. The summed E-state index contributed by atoms with van der Waals surface area (Å²) in [5, 5.41) is 25.6. The van der Waals surface area contributed by atoms with Crippen LogP contribution in [0, 0.1) is 11.2 Å². The van der Waals surface area contributed by atoms with Gasteiger partial charge in [-0.15, -0.1) is 0 Å². The summed E-state index contributed by atoms with van der Waals surface area (Å²) < 4.78 is 29.7. The number of aromatic hydroxyl groups is 1. The number of nitrogens with one attached hydrogen (secondary N) is 3. The molecule has 1 aliphatic rings. The Balaban J connectivity index is 1.43. The van der Waals surface area contributed by atoms with Crippen molar-refractivity contribution in [1.82, 2.24) is 9.69 Å². The second kappa shape index (κ2) is 10.6. The van der Waals surface area contributed by atoms with Crippen LogP contribution < -0.4 is 15.4 Å². The van der Waals surface area contributed by atoms with Gasteiger partial charge in [-0.1, -0.05) is 23.2 Å².